The van der Waals surface area contributed by atoms with Gasteiger partial charge in [-0.3, -0.25) is 9.59 Å². The Morgan fingerprint density at radius 1 is 1.16 bits per heavy atom. The number of likely N-dealkylation sites (tertiary alicyclic amines) is 1. The van der Waals surface area contributed by atoms with Crippen LogP contribution in [-0.2, 0) is 23.5 Å². The molecule has 0 unspecified atom stereocenters. The number of benzene rings is 1. The zero-order chi connectivity index (χ0) is 22.4. The maximum Gasteiger partial charge on any atom is 0.263 e. The SMILES string of the molecule is COc1ccc(CCS(=O)(=O)NCC2CCN(C(=O)c3cccn(C)c3=O)CC2)cc1. The Bertz CT molecular complexity index is 1060. The predicted molar refractivity (Wildman–Crippen MR) is 119 cm³/mol. The Labute approximate surface area is 182 Å². The number of methoxy groups -OCH3 is 1. The zero-order valence-corrected chi connectivity index (χ0v) is 18.7. The first kappa shape index (κ1) is 23.0. The van der Waals surface area contributed by atoms with E-state index in [-0.39, 0.29) is 28.7 Å². The fourth-order valence-corrected chi connectivity index (χ4v) is 4.77. The van der Waals surface area contributed by atoms with E-state index in [1.165, 1.54) is 4.57 Å². The molecule has 0 aliphatic carbocycles. The van der Waals surface area contributed by atoms with Crippen molar-refractivity contribution in [3.8, 4) is 5.75 Å². The highest BCUT2D eigenvalue weighted by Crippen LogP contribution is 2.18. The molecule has 1 N–H and O–H groups in total. The Hall–Kier alpha value is -2.65. The number of nitrogens with one attached hydrogen (secondary N) is 1. The molecule has 31 heavy (non-hydrogen) atoms. The summed E-state index contributed by atoms with van der Waals surface area (Å²) in [5.74, 6) is 0.661. The minimum absolute atomic E-state index is 0.0218. The third kappa shape index (κ3) is 6.18. The number of hydrogen-bond acceptors (Lipinski definition) is 5. The van der Waals surface area contributed by atoms with Crippen LogP contribution in [0.3, 0.4) is 0 Å². The number of amides is 1. The topological polar surface area (TPSA) is 97.7 Å². The fourth-order valence-electron chi connectivity index (χ4n) is 3.63. The van der Waals surface area contributed by atoms with Gasteiger partial charge in [-0.05, 0) is 55.0 Å². The summed E-state index contributed by atoms with van der Waals surface area (Å²) in [6.45, 7) is 1.38. The van der Waals surface area contributed by atoms with Crippen molar-refractivity contribution >= 4 is 15.9 Å². The summed E-state index contributed by atoms with van der Waals surface area (Å²) in [7, 11) is -0.177. The van der Waals surface area contributed by atoms with Crippen LogP contribution in [0.1, 0.15) is 28.8 Å². The second kappa shape index (κ2) is 10.1. The second-order valence-electron chi connectivity index (χ2n) is 7.84. The first-order chi connectivity index (χ1) is 14.8. The van der Waals surface area contributed by atoms with Crippen LogP contribution in [0.2, 0.25) is 0 Å². The van der Waals surface area contributed by atoms with Crippen LogP contribution in [0.4, 0.5) is 0 Å². The lowest BCUT2D eigenvalue weighted by Crippen LogP contribution is -2.43. The first-order valence-corrected chi connectivity index (χ1v) is 12.0. The minimum Gasteiger partial charge on any atom is -0.497 e. The third-order valence-electron chi connectivity index (χ3n) is 5.67. The molecule has 1 fully saturated rings. The highest BCUT2D eigenvalue weighted by atomic mass is 32.2. The molecule has 0 saturated carbocycles. The molecule has 0 bridgehead atoms. The maximum absolute atomic E-state index is 12.7. The quantitative estimate of drug-likeness (QED) is 0.660. The third-order valence-corrected chi connectivity index (χ3v) is 7.01. The number of ether oxygens (including phenoxy) is 1. The number of hydrogen-bond donors (Lipinski definition) is 1. The van der Waals surface area contributed by atoms with Gasteiger partial charge in [0.25, 0.3) is 11.5 Å². The molecule has 1 amide bonds. The molecular weight excluding hydrogens is 418 g/mol. The number of rotatable bonds is 8. The number of aryl methyl sites for hydroxylation is 2. The second-order valence-corrected chi connectivity index (χ2v) is 9.77. The summed E-state index contributed by atoms with van der Waals surface area (Å²) in [6, 6.07) is 10.6. The van der Waals surface area contributed by atoms with Crippen molar-refractivity contribution in [2.45, 2.75) is 19.3 Å². The Balaban J connectivity index is 1.45. The Morgan fingerprint density at radius 3 is 2.48 bits per heavy atom. The fraction of sp³-hybridized carbons (Fsp3) is 0.455. The van der Waals surface area contributed by atoms with E-state index in [2.05, 4.69) is 4.72 Å². The normalized spacial score (nSPS) is 15.1. The Morgan fingerprint density at radius 2 is 1.84 bits per heavy atom. The van der Waals surface area contributed by atoms with Crippen LogP contribution in [0, 0.1) is 5.92 Å². The van der Waals surface area contributed by atoms with Crippen molar-refractivity contribution in [2.24, 2.45) is 13.0 Å². The summed E-state index contributed by atoms with van der Waals surface area (Å²) >= 11 is 0. The molecule has 0 radical (unpaired) electrons. The van der Waals surface area contributed by atoms with Crippen LogP contribution in [0.5, 0.6) is 5.75 Å². The van der Waals surface area contributed by atoms with Gasteiger partial charge in [-0.2, -0.15) is 0 Å². The molecule has 1 aliphatic heterocycles. The van der Waals surface area contributed by atoms with Crippen molar-refractivity contribution in [3.63, 3.8) is 0 Å². The molecule has 2 aromatic rings. The summed E-state index contributed by atoms with van der Waals surface area (Å²) in [5.41, 5.74) is 0.798. The largest absolute Gasteiger partial charge is 0.497 e. The highest BCUT2D eigenvalue weighted by Gasteiger charge is 2.26. The molecule has 2 heterocycles. The Kier molecular flexibility index (Phi) is 7.50. The molecule has 1 saturated heterocycles. The van der Waals surface area contributed by atoms with Crippen LogP contribution in [-0.4, -0.2) is 56.3 Å². The number of carbonyl (C=O) groups excluding carboxylic acids is 1. The lowest BCUT2D eigenvalue weighted by atomic mass is 9.97. The molecule has 1 aliphatic rings. The van der Waals surface area contributed by atoms with E-state index in [4.69, 9.17) is 4.74 Å². The van der Waals surface area contributed by atoms with E-state index < -0.39 is 10.0 Å². The van der Waals surface area contributed by atoms with Gasteiger partial charge in [-0.25, -0.2) is 13.1 Å². The minimum atomic E-state index is -3.38. The maximum atomic E-state index is 12.7. The van der Waals surface area contributed by atoms with E-state index in [1.54, 1.807) is 37.4 Å². The van der Waals surface area contributed by atoms with Crippen molar-refractivity contribution < 1.29 is 17.9 Å². The van der Waals surface area contributed by atoms with E-state index in [0.717, 1.165) is 11.3 Å². The number of carbonyl (C=O) groups is 1. The summed E-state index contributed by atoms with van der Waals surface area (Å²) in [6.07, 6.45) is 3.43. The standard InChI is InChI=1S/C22H29N3O5S/c1-24-12-3-4-20(21(24)26)22(27)25-13-9-18(10-14-25)16-23-31(28,29)15-11-17-5-7-19(30-2)8-6-17/h3-8,12,18,23H,9-11,13-16H2,1-2H3. The van der Waals surface area contributed by atoms with Crippen molar-refractivity contribution in [1.82, 2.24) is 14.2 Å². The van der Waals surface area contributed by atoms with E-state index >= 15 is 0 Å². The van der Waals surface area contributed by atoms with Crippen molar-refractivity contribution in [2.75, 3.05) is 32.5 Å². The van der Waals surface area contributed by atoms with Gasteiger partial charge in [-0.1, -0.05) is 12.1 Å². The zero-order valence-electron chi connectivity index (χ0n) is 17.9. The van der Waals surface area contributed by atoms with Gasteiger partial charge in [0.15, 0.2) is 0 Å². The van der Waals surface area contributed by atoms with Crippen molar-refractivity contribution in [3.05, 3.63) is 64.1 Å². The number of nitrogens with zero attached hydrogens (tertiary/aromatic N) is 2. The van der Waals surface area contributed by atoms with Crippen LogP contribution >= 0.6 is 0 Å². The lowest BCUT2D eigenvalue weighted by Gasteiger charge is -2.32. The van der Waals surface area contributed by atoms with Gasteiger partial charge in [0, 0.05) is 32.9 Å². The number of piperidine rings is 1. The molecule has 1 aromatic carbocycles. The number of sulfonamides is 1. The van der Waals surface area contributed by atoms with Crippen LogP contribution < -0.4 is 15.0 Å². The summed E-state index contributed by atoms with van der Waals surface area (Å²) in [4.78, 5) is 26.5. The number of aromatic nitrogens is 1. The lowest BCUT2D eigenvalue weighted by molar-refractivity contribution is 0.0689. The van der Waals surface area contributed by atoms with Crippen LogP contribution in [0.15, 0.2) is 47.4 Å². The van der Waals surface area contributed by atoms with Gasteiger partial charge in [0.1, 0.15) is 11.3 Å². The summed E-state index contributed by atoms with van der Waals surface area (Å²) < 4.78 is 33.9. The van der Waals surface area contributed by atoms with Gasteiger partial charge in [0.2, 0.25) is 10.0 Å². The van der Waals surface area contributed by atoms with Crippen molar-refractivity contribution in [1.29, 1.82) is 0 Å². The van der Waals surface area contributed by atoms with Gasteiger partial charge < -0.3 is 14.2 Å². The molecule has 0 spiro atoms. The van der Waals surface area contributed by atoms with Gasteiger partial charge >= 0.3 is 0 Å². The molecule has 168 valence electrons. The average Bonchev–Trinajstić information content (AvgIpc) is 2.78. The smallest absolute Gasteiger partial charge is 0.263 e. The molecule has 3 rings (SSSR count). The molecule has 1 aromatic heterocycles. The highest BCUT2D eigenvalue weighted by molar-refractivity contribution is 7.89. The van der Waals surface area contributed by atoms with E-state index in [9.17, 15) is 18.0 Å². The van der Waals surface area contributed by atoms with E-state index in [0.29, 0.717) is 38.9 Å². The van der Waals surface area contributed by atoms with Gasteiger partial charge in [0.05, 0.1) is 12.9 Å². The number of pyridine rings is 1. The molecular formula is C22H29N3O5S. The van der Waals surface area contributed by atoms with Gasteiger partial charge in [-0.15, -0.1) is 0 Å². The summed E-state index contributed by atoms with van der Waals surface area (Å²) in [5, 5.41) is 0. The molecule has 8 nitrogen and oxygen atoms in total. The monoisotopic (exact) mass is 447 g/mol. The predicted octanol–water partition coefficient (Wildman–Crippen LogP) is 1.41. The average molecular weight is 448 g/mol. The molecule has 0 atom stereocenters. The first-order valence-electron chi connectivity index (χ1n) is 10.3. The van der Waals surface area contributed by atoms with E-state index in [1.807, 2.05) is 24.3 Å². The molecule has 9 heteroatoms. The van der Waals surface area contributed by atoms with Crippen LogP contribution in [0.25, 0.3) is 0 Å².